The molecule has 1 aromatic carbocycles. The summed E-state index contributed by atoms with van der Waals surface area (Å²) in [5, 5.41) is 3.38. The Labute approximate surface area is 123 Å². The fourth-order valence-electron chi connectivity index (χ4n) is 1.84. The summed E-state index contributed by atoms with van der Waals surface area (Å²) in [7, 11) is 0. The maximum atomic E-state index is 5.69. The third-order valence-electron chi connectivity index (χ3n) is 3.00. The second-order valence-electron chi connectivity index (χ2n) is 4.77. The van der Waals surface area contributed by atoms with Gasteiger partial charge < -0.3 is 14.8 Å². The number of hydrogen-bond donors (Lipinski definition) is 1. The van der Waals surface area contributed by atoms with Crippen LogP contribution >= 0.6 is 0 Å². The zero-order valence-electron chi connectivity index (χ0n) is 12.6. The molecule has 0 saturated heterocycles. The average molecular weight is 277 g/mol. The fourth-order valence-corrected chi connectivity index (χ4v) is 1.84. The summed E-state index contributed by atoms with van der Waals surface area (Å²) in [6.45, 7) is 9.08. The van der Waals surface area contributed by atoms with Gasteiger partial charge in [-0.1, -0.05) is 38.5 Å². The first-order valence-electron chi connectivity index (χ1n) is 7.51. The molecule has 3 heteroatoms. The molecule has 1 rings (SSSR count). The summed E-state index contributed by atoms with van der Waals surface area (Å²) in [5.74, 6) is 0.962. The minimum absolute atomic E-state index is 0.723. The van der Waals surface area contributed by atoms with Crippen molar-refractivity contribution in [2.45, 2.75) is 39.2 Å². The number of benzene rings is 1. The normalized spacial score (nSPS) is 10.2. The second kappa shape index (κ2) is 11.4. The van der Waals surface area contributed by atoms with Gasteiger partial charge in [-0.15, -0.1) is 0 Å². The number of unbranched alkanes of at least 4 members (excludes halogenated alkanes) is 2. The van der Waals surface area contributed by atoms with Crippen molar-refractivity contribution in [1.82, 2.24) is 5.32 Å². The highest BCUT2D eigenvalue weighted by molar-refractivity contribution is 5.27. The van der Waals surface area contributed by atoms with Crippen LogP contribution in [0.15, 0.2) is 37.1 Å². The number of ether oxygens (including phenoxy) is 2. The highest BCUT2D eigenvalue weighted by atomic mass is 16.5. The van der Waals surface area contributed by atoms with Gasteiger partial charge in [0.1, 0.15) is 5.75 Å². The van der Waals surface area contributed by atoms with E-state index in [9.17, 15) is 0 Å². The van der Waals surface area contributed by atoms with E-state index in [-0.39, 0.29) is 0 Å². The first kappa shape index (κ1) is 16.6. The molecule has 3 nitrogen and oxygen atoms in total. The third kappa shape index (κ3) is 7.85. The molecule has 0 aliphatic rings. The minimum atomic E-state index is 0.723. The van der Waals surface area contributed by atoms with Crippen LogP contribution in [0.5, 0.6) is 5.75 Å². The van der Waals surface area contributed by atoms with E-state index in [2.05, 4.69) is 31.0 Å². The van der Waals surface area contributed by atoms with Crippen LogP contribution in [-0.4, -0.2) is 19.8 Å². The van der Waals surface area contributed by atoms with Gasteiger partial charge in [0.2, 0.25) is 0 Å². The van der Waals surface area contributed by atoms with Gasteiger partial charge in [-0.05, 0) is 37.1 Å². The van der Waals surface area contributed by atoms with Crippen molar-refractivity contribution in [3.8, 4) is 5.75 Å². The Morgan fingerprint density at radius 2 is 1.90 bits per heavy atom. The van der Waals surface area contributed by atoms with Crippen molar-refractivity contribution in [1.29, 1.82) is 0 Å². The predicted molar refractivity (Wildman–Crippen MR) is 83.9 cm³/mol. The van der Waals surface area contributed by atoms with Gasteiger partial charge in [0.25, 0.3) is 0 Å². The first-order valence-corrected chi connectivity index (χ1v) is 7.51. The Bertz CT molecular complexity index is 349. The SMILES string of the molecule is C=COCCCNCc1ccc(OCCCCC)cc1. The lowest BCUT2D eigenvalue weighted by atomic mass is 10.2. The minimum Gasteiger partial charge on any atom is -0.502 e. The van der Waals surface area contributed by atoms with Crippen molar-refractivity contribution in [2.24, 2.45) is 0 Å². The molecule has 1 N–H and O–H groups in total. The van der Waals surface area contributed by atoms with Crippen molar-refractivity contribution in [3.63, 3.8) is 0 Å². The maximum Gasteiger partial charge on any atom is 0.119 e. The predicted octanol–water partition coefficient (Wildman–Crippen LogP) is 3.90. The topological polar surface area (TPSA) is 30.5 Å². The smallest absolute Gasteiger partial charge is 0.119 e. The standard InChI is InChI=1S/C17H27NO2/c1-3-5-6-14-20-17-10-8-16(9-11-17)15-18-12-7-13-19-4-2/h4,8-11,18H,2-3,5-7,12-15H2,1H3. The van der Waals surface area contributed by atoms with Gasteiger partial charge >= 0.3 is 0 Å². The van der Waals surface area contributed by atoms with Gasteiger partial charge in [0.05, 0.1) is 19.5 Å². The van der Waals surface area contributed by atoms with Crippen molar-refractivity contribution in [3.05, 3.63) is 42.7 Å². The molecule has 0 amide bonds. The number of hydrogen-bond acceptors (Lipinski definition) is 3. The Morgan fingerprint density at radius 3 is 2.60 bits per heavy atom. The van der Waals surface area contributed by atoms with Crippen LogP contribution in [0.1, 0.15) is 38.2 Å². The summed E-state index contributed by atoms with van der Waals surface area (Å²) >= 11 is 0. The van der Waals surface area contributed by atoms with E-state index in [0.29, 0.717) is 0 Å². The number of rotatable bonds is 12. The highest BCUT2D eigenvalue weighted by Gasteiger charge is 1.96. The molecule has 0 heterocycles. The quantitative estimate of drug-likeness (QED) is 0.464. The van der Waals surface area contributed by atoms with Crippen LogP contribution in [0.4, 0.5) is 0 Å². The summed E-state index contributed by atoms with van der Waals surface area (Å²) in [5.41, 5.74) is 1.27. The molecule has 0 fully saturated rings. The van der Waals surface area contributed by atoms with Gasteiger partial charge in [-0.25, -0.2) is 0 Å². The molecule has 0 radical (unpaired) electrons. The molecule has 20 heavy (non-hydrogen) atoms. The summed E-state index contributed by atoms with van der Waals surface area (Å²) in [4.78, 5) is 0. The molecular formula is C17H27NO2. The Morgan fingerprint density at radius 1 is 1.10 bits per heavy atom. The average Bonchev–Trinajstić information content (AvgIpc) is 2.49. The summed E-state index contributed by atoms with van der Waals surface area (Å²) in [6.07, 6.45) is 6.07. The Kier molecular flexibility index (Phi) is 9.41. The number of nitrogens with one attached hydrogen (secondary N) is 1. The van der Waals surface area contributed by atoms with Crippen molar-refractivity contribution in [2.75, 3.05) is 19.8 Å². The van der Waals surface area contributed by atoms with Crippen LogP contribution in [0.2, 0.25) is 0 Å². The van der Waals surface area contributed by atoms with Crippen LogP contribution < -0.4 is 10.1 Å². The van der Waals surface area contributed by atoms with Crippen molar-refractivity contribution < 1.29 is 9.47 Å². The van der Waals surface area contributed by atoms with Crippen LogP contribution in [-0.2, 0) is 11.3 Å². The molecular weight excluding hydrogens is 250 g/mol. The zero-order chi connectivity index (χ0) is 14.5. The lowest BCUT2D eigenvalue weighted by molar-refractivity contribution is 0.244. The Balaban J connectivity index is 2.13. The second-order valence-corrected chi connectivity index (χ2v) is 4.77. The van der Waals surface area contributed by atoms with Crippen molar-refractivity contribution >= 4 is 0 Å². The molecule has 0 bridgehead atoms. The zero-order valence-corrected chi connectivity index (χ0v) is 12.6. The monoisotopic (exact) mass is 277 g/mol. The molecule has 0 aromatic heterocycles. The molecule has 0 spiro atoms. The van der Waals surface area contributed by atoms with E-state index in [1.807, 2.05) is 12.1 Å². The largest absolute Gasteiger partial charge is 0.502 e. The lowest BCUT2D eigenvalue weighted by Gasteiger charge is -2.08. The Hall–Kier alpha value is -1.48. The third-order valence-corrected chi connectivity index (χ3v) is 3.00. The van der Waals surface area contributed by atoms with Gasteiger partial charge in [0, 0.05) is 6.54 Å². The fraction of sp³-hybridized carbons (Fsp3) is 0.529. The van der Waals surface area contributed by atoms with E-state index in [1.165, 1.54) is 24.7 Å². The van der Waals surface area contributed by atoms with E-state index in [1.54, 1.807) is 0 Å². The van der Waals surface area contributed by atoms with E-state index in [4.69, 9.17) is 9.47 Å². The molecule has 0 aliphatic carbocycles. The van der Waals surface area contributed by atoms with Gasteiger partial charge in [0.15, 0.2) is 0 Å². The van der Waals surface area contributed by atoms with Crippen LogP contribution in [0, 0.1) is 0 Å². The lowest BCUT2D eigenvalue weighted by Crippen LogP contribution is -2.15. The summed E-state index contributed by atoms with van der Waals surface area (Å²) in [6, 6.07) is 8.32. The van der Waals surface area contributed by atoms with Gasteiger partial charge in [-0.3, -0.25) is 0 Å². The molecule has 112 valence electrons. The van der Waals surface area contributed by atoms with E-state index >= 15 is 0 Å². The first-order chi connectivity index (χ1) is 9.86. The molecule has 0 saturated carbocycles. The maximum absolute atomic E-state index is 5.69. The van der Waals surface area contributed by atoms with E-state index < -0.39 is 0 Å². The molecule has 0 unspecified atom stereocenters. The van der Waals surface area contributed by atoms with E-state index in [0.717, 1.165) is 44.9 Å². The molecule has 1 aromatic rings. The van der Waals surface area contributed by atoms with Gasteiger partial charge in [-0.2, -0.15) is 0 Å². The highest BCUT2D eigenvalue weighted by Crippen LogP contribution is 2.12. The molecule has 0 atom stereocenters. The van der Waals surface area contributed by atoms with Crippen LogP contribution in [0.25, 0.3) is 0 Å². The van der Waals surface area contributed by atoms with Crippen LogP contribution in [0.3, 0.4) is 0 Å². The summed E-state index contributed by atoms with van der Waals surface area (Å²) < 4.78 is 10.8. The molecule has 0 aliphatic heterocycles.